The van der Waals surface area contributed by atoms with Gasteiger partial charge in [0, 0.05) is 17.9 Å². The van der Waals surface area contributed by atoms with Crippen molar-refractivity contribution in [3.05, 3.63) is 42.4 Å². The molecule has 1 aromatic heterocycles. The van der Waals surface area contributed by atoms with Crippen LogP contribution in [0.5, 0.6) is 11.5 Å². The molecule has 0 saturated heterocycles. The maximum Gasteiger partial charge on any atom is 0.227 e. The third kappa shape index (κ3) is 4.85. The predicted octanol–water partition coefficient (Wildman–Crippen LogP) is 3.36. The highest BCUT2D eigenvalue weighted by Gasteiger charge is 2.30. The van der Waals surface area contributed by atoms with Crippen molar-refractivity contribution in [2.75, 3.05) is 19.5 Å². The van der Waals surface area contributed by atoms with Gasteiger partial charge in [-0.1, -0.05) is 0 Å². The number of hydrogen-bond acceptors (Lipinski definition) is 5. The normalized spacial score (nSPS) is 18.9. The van der Waals surface area contributed by atoms with Gasteiger partial charge in [0.2, 0.25) is 11.8 Å². The summed E-state index contributed by atoms with van der Waals surface area (Å²) >= 11 is 0. The zero-order valence-electron chi connectivity index (χ0n) is 16.2. The molecule has 1 aromatic carbocycles. The second-order valence-corrected chi connectivity index (χ2v) is 6.90. The Morgan fingerprint density at radius 2 is 1.75 bits per heavy atom. The molecule has 0 bridgehead atoms. The number of hydrogen-bond donors (Lipinski definition) is 2. The highest BCUT2D eigenvalue weighted by atomic mass is 16.5. The van der Waals surface area contributed by atoms with Gasteiger partial charge in [0.1, 0.15) is 17.3 Å². The number of furan rings is 1. The van der Waals surface area contributed by atoms with Crippen molar-refractivity contribution >= 4 is 17.5 Å². The Hall–Kier alpha value is -2.96. The van der Waals surface area contributed by atoms with Crippen molar-refractivity contribution in [3.8, 4) is 11.5 Å². The van der Waals surface area contributed by atoms with Gasteiger partial charge in [0.15, 0.2) is 0 Å². The second kappa shape index (κ2) is 9.30. The van der Waals surface area contributed by atoms with Crippen LogP contribution in [0, 0.1) is 11.8 Å². The highest BCUT2D eigenvalue weighted by Crippen LogP contribution is 2.33. The highest BCUT2D eigenvalue weighted by molar-refractivity contribution is 5.94. The van der Waals surface area contributed by atoms with Crippen molar-refractivity contribution in [1.29, 1.82) is 0 Å². The van der Waals surface area contributed by atoms with E-state index in [0.29, 0.717) is 49.4 Å². The third-order valence-corrected chi connectivity index (χ3v) is 5.15. The van der Waals surface area contributed by atoms with Gasteiger partial charge in [-0.2, -0.15) is 0 Å². The van der Waals surface area contributed by atoms with E-state index in [4.69, 9.17) is 13.9 Å². The second-order valence-electron chi connectivity index (χ2n) is 6.90. The quantitative estimate of drug-likeness (QED) is 0.762. The fourth-order valence-electron chi connectivity index (χ4n) is 3.49. The lowest BCUT2D eigenvalue weighted by Crippen LogP contribution is -2.35. The van der Waals surface area contributed by atoms with Gasteiger partial charge >= 0.3 is 0 Å². The molecular formula is C21H26N2O5. The first-order valence-electron chi connectivity index (χ1n) is 9.43. The van der Waals surface area contributed by atoms with Crippen molar-refractivity contribution in [3.63, 3.8) is 0 Å². The van der Waals surface area contributed by atoms with E-state index in [2.05, 4.69) is 10.6 Å². The number of nitrogens with one attached hydrogen (secondary N) is 2. The topological polar surface area (TPSA) is 89.8 Å². The first kappa shape index (κ1) is 19.8. The van der Waals surface area contributed by atoms with E-state index in [0.717, 1.165) is 5.76 Å². The Bertz CT molecular complexity index is 795. The number of methoxy groups -OCH3 is 2. The van der Waals surface area contributed by atoms with Gasteiger partial charge in [-0.25, -0.2) is 0 Å². The number of amides is 2. The molecule has 7 heteroatoms. The molecule has 1 aliphatic rings. The summed E-state index contributed by atoms with van der Waals surface area (Å²) in [6.07, 6.45) is 4.35. The summed E-state index contributed by atoms with van der Waals surface area (Å²) in [5.74, 6) is 1.75. The molecule has 1 fully saturated rings. The molecule has 0 radical (unpaired) electrons. The van der Waals surface area contributed by atoms with E-state index >= 15 is 0 Å². The lowest BCUT2D eigenvalue weighted by molar-refractivity contribution is -0.128. The number of carbonyl (C=O) groups is 2. The maximum atomic E-state index is 12.6. The van der Waals surface area contributed by atoms with E-state index in [9.17, 15) is 9.59 Å². The van der Waals surface area contributed by atoms with Crippen LogP contribution in [0.4, 0.5) is 5.69 Å². The first-order valence-corrected chi connectivity index (χ1v) is 9.43. The van der Waals surface area contributed by atoms with Gasteiger partial charge < -0.3 is 24.5 Å². The van der Waals surface area contributed by atoms with E-state index in [1.165, 1.54) is 0 Å². The SMILES string of the molecule is COc1ccc(NC(=O)C2CCC(C(=O)NCc3ccco3)CC2)c(OC)c1. The Kier molecular flexibility index (Phi) is 6.57. The van der Waals surface area contributed by atoms with Crippen molar-refractivity contribution in [1.82, 2.24) is 5.32 Å². The average Bonchev–Trinajstić information content (AvgIpc) is 3.26. The van der Waals surface area contributed by atoms with Crippen LogP contribution >= 0.6 is 0 Å². The van der Waals surface area contributed by atoms with Gasteiger partial charge in [-0.3, -0.25) is 9.59 Å². The molecule has 7 nitrogen and oxygen atoms in total. The van der Waals surface area contributed by atoms with Gasteiger partial charge in [0.25, 0.3) is 0 Å². The fraction of sp³-hybridized carbons (Fsp3) is 0.429. The predicted molar refractivity (Wildman–Crippen MR) is 104 cm³/mol. The molecule has 2 amide bonds. The Labute approximate surface area is 164 Å². The van der Waals surface area contributed by atoms with Crippen molar-refractivity contribution < 1.29 is 23.5 Å². The minimum Gasteiger partial charge on any atom is -0.497 e. The van der Waals surface area contributed by atoms with Crippen molar-refractivity contribution in [2.24, 2.45) is 11.8 Å². The van der Waals surface area contributed by atoms with Gasteiger partial charge in [-0.05, 0) is 49.9 Å². The molecule has 2 N–H and O–H groups in total. The third-order valence-electron chi connectivity index (χ3n) is 5.15. The van der Waals surface area contributed by atoms with E-state index in [1.54, 1.807) is 44.7 Å². The smallest absolute Gasteiger partial charge is 0.227 e. The van der Waals surface area contributed by atoms with E-state index in [1.807, 2.05) is 6.07 Å². The Morgan fingerprint density at radius 3 is 2.36 bits per heavy atom. The zero-order valence-corrected chi connectivity index (χ0v) is 16.2. The van der Waals surface area contributed by atoms with Crippen LogP contribution in [-0.2, 0) is 16.1 Å². The fourth-order valence-corrected chi connectivity index (χ4v) is 3.49. The van der Waals surface area contributed by atoms with Crippen LogP contribution in [0.2, 0.25) is 0 Å². The summed E-state index contributed by atoms with van der Waals surface area (Å²) in [5.41, 5.74) is 0.617. The van der Waals surface area contributed by atoms with Crippen LogP contribution < -0.4 is 20.1 Å². The Balaban J connectivity index is 1.49. The molecule has 2 aromatic rings. The van der Waals surface area contributed by atoms with Crippen LogP contribution in [0.1, 0.15) is 31.4 Å². The van der Waals surface area contributed by atoms with Gasteiger partial charge in [-0.15, -0.1) is 0 Å². The number of ether oxygens (including phenoxy) is 2. The van der Waals surface area contributed by atoms with E-state index < -0.39 is 0 Å². The summed E-state index contributed by atoms with van der Waals surface area (Å²) in [7, 11) is 3.13. The summed E-state index contributed by atoms with van der Waals surface area (Å²) < 4.78 is 15.7. The monoisotopic (exact) mass is 386 g/mol. The zero-order chi connectivity index (χ0) is 19.9. The van der Waals surface area contributed by atoms with Crippen LogP contribution in [0.15, 0.2) is 41.0 Å². The number of anilines is 1. The summed E-state index contributed by atoms with van der Waals surface area (Å²) in [4.78, 5) is 25.0. The van der Waals surface area contributed by atoms with Crippen LogP contribution in [0.25, 0.3) is 0 Å². The van der Waals surface area contributed by atoms with E-state index in [-0.39, 0.29) is 23.7 Å². The number of carbonyl (C=O) groups excluding carboxylic acids is 2. The van der Waals surface area contributed by atoms with Crippen molar-refractivity contribution in [2.45, 2.75) is 32.2 Å². The summed E-state index contributed by atoms with van der Waals surface area (Å²) in [6.45, 7) is 0.392. The molecule has 1 aliphatic carbocycles. The molecule has 0 spiro atoms. The maximum absolute atomic E-state index is 12.6. The molecule has 0 aliphatic heterocycles. The molecular weight excluding hydrogens is 360 g/mol. The van der Waals surface area contributed by atoms with Gasteiger partial charge in [0.05, 0.1) is 32.7 Å². The standard InChI is InChI=1S/C21H26N2O5/c1-26-16-9-10-18(19(12-16)27-2)23-21(25)15-7-5-14(6-8-15)20(24)22-13-17-4-3-11-28-17/h3-4,9-12,14-15H,5-8,13H2,1-2H3,(H,22,24)(H,23,25). The number of rotatable bonds is 7. The lowest BCUT2D eigenvalue weighted by Gasteiger charge is -2.27. The minimum absolute atomic E-state index is 0.0204. The summed E-state index contributed by atoms with van der Waals surface area (Å²) in [6, 6.07) is 8.90. The molecule has 28 heavy (non-hydrogen) atoms. The molecule has 1 saturated carbocycles. The molecule has 150 valence electrons. The minimum atomic E-state index is -0.110. The molecule has 0 unspecified atom stereocenters. The summed E-state index contributed by atoms with van der Waals surface area (Å²) in [5, 5.41) is 5.84. The molecule has 1 heterocycles. The average molecular weight is 386 g/mol. The first-order chi connectivity index (χ1) is 13.6. The number of benzene rings is 1. The Morgan fingerprint density at radius 1 is 1.04 bits per heavy atom. The lowest BCUT2D eigenvalue weighted by atomic mass is 9.81. The van der Waals surface area contributed by atoms with Crippen LogP contribution in [0.3, 0.4) is 0 Å². The van der Waals surface area contributed by atoms with Crippen LogP contribution in [-0.4, -0.2) is 26.0 Å². The largest absolute Gasteiger partial charge is 0.497 e. The molecule has 3 rings (SSSR count). The molecule has 0 atom stereocenters.